The Labute approximate surface area is 297 Å². The molecule has 240 valence electrons. The van der Waals surface area contributed by atoms with Crippen molar-refractivity contribution >= 4 is 32.7 Å². The van der Waals surface area contributed by atoms with Crippen molar-refractivity contribution in [2.75, 3.05) is 0 Å². The van der Waals surface area contributed by atoms with E-state index in [1.54, 1.807) is 0 Å². The zero-order valence-electron chi connectivity index (χ0n) is 28.6. The Kier molecular flexibility index (Phi) is 5.69. The topological polar surface area (TPSA) is 17.8 Å². The molecule has 1 aliphatic carbocycles. The van der Waals surface area contributed by atoms with Gasteiger partial charge in [0.2, 0.25) is 0 Å². The van der Waals surface area contributed by atoms with Gasteiger partial charge in [0.25, 0.3) is 0 Å². The second kappa shape index (κ2) is 10.2. The van der Waals surface area contributed by atoms with Crippen LogP contribution in [0.2, 0.25) is 0 Å². The van der Waals surface area contributed by atoms with Crippen molar-refractivity contribution in [1.82, 2.24) is 9.55 Å². The van der Waals surface area contributed by atoms with E-state index in [1.165, 1.54) is 77.6 Å². The average molecular weight is 651 g/mol. The molecule has 0 N–H and O–H groups in total. The van der Waals surface area contributed by atoms with Crippen LogP contribution in [0.4, 0.5) is 0 Å². The zero-order chi connectivity index (χ0) is 33.9. The Hall–Kier alpha value is -6.25. The fraction of sp³-hybridized carbons (Fsp3) is 0.0816. The molecule has 0 fully saturated rings. The summed E-state index contributed by atoms with van der Waals surface area (Å²) in [5.41, 5.74) is 17.1. The van der Waals surface area contributed by atoms with E-state index < -0.39 is 5.41 Å². The lowest BCUT2D eigenvalue weighted by Gasteiger charge is -2.50. The third-order valence-corrected chi connectivity index (χ3v) is 11.9. The summed E-state index contributed by atoms with van der Waals surface area (Å²) >= 11 is 0. The van der Waals surface area contributed by atoms with E-state index in [9.17, 15) is 0 Å². The summed E-state index contributed by atoms with van der Waals surface area (Å²) in [7, 11) is 0. The minimum atomic E-state index is -0.507. The Morgan fingerprint density at radius 3 is 1.94 bits per heavy atom. The second-order valence-electron chi connectivity index (χ2n) is 14.7. The molecule has 9 aromatic rings. The molecule has 2 heteroatoms. The molecule has 0 bridgehead atoms. The molecule has 2 aromatic heterocycles. The second-order valence-corrected chi connectivity index (χ2v) is 14.7. The molecule has 0 radical (unpaired) electrons. The first-order valence-electron chi connectivity index (χ1n) is 17.9. The highest BCUT2D eigenvalue weighted by molar-refractivity contribution is 6.12. The van der Waals surface area contributed by atoms with Gasteiger partial charge in [0.15, 0.2) is 0 Å². The molecule has 2 nitrogen and oxygen atoms in total. The van der Waals surface area contributed by atoms with E-state index in [4.69, 9.17) is 4.98 Å². The summed E-state index contributed by atoms with van der Waals surface area (Å²) in [6, 6.07) is 61.0. The maximum Gasteiger partial charge on any atom is 0.0780 e. The molecule has 1 aliphatic heterocycles. The molecule has 0 saturated carbocycles. The minimum Gasteiger partial charge on any atom is -0.309 e. The maximum absolute atomic E-state index is 4.75. The molecule has 11 rings (SSSR count). The number of aromatic nitrogens is 2. The van der Waals surface area contributed by atoms with Crippen molar-refractivity contribution in [2.24, 2.45) is 0 Å². The SMILES string of the molecule is CC1(C)c2ccccc2C2(c3ccccc3-n3c4ccccc4c4cccc2c43)c2cccc(-c3ccc(-c4cccc5cccnc45)cc3)c21. The Morgan fingerprint density at radius 1 is 0.471 bits per heavy atom. The Bertz CT molecular complexity index is 2880. The first-order valence-corrected chi connectivity index (χ1v) is 17.9. The zero-order valence-corrected chi connectivity index (χ0v) is 28.6. The number of rotatable bonds is 2. The molecular weight excluding hydrogens is 617 g/mol. The van der Waals surface area contributed by atoms with Gasteiger partial charge in [-0.15, -0.1) is 0 Å². The quantitative estimate of drug-likeness (QED) is 0.182. The van der Waals surface area contributed by atoms with E-state index in [1.807, 2.05) is 12.3 Å². The van der Waals surface area contributed by atoms with Crippen LogP contribution in [0.5, 0.6) is 0 Å². The normalized spacial score (nSPS) is 16.7. The van der Waals surface area contributed by atoms with Crippen LogP contribution in [0.25, 0.3) is 60.6 Å². The number of nitrogens with zero attached hydrogens (tertiary/aromatic N) is 2. The minimum absolute atomic E-state index is 0.251. The smallest absolute Gasteiger partial charge is 0.0780 e. The van der Waals surface area contributed by atoms with Crippen LogP contribution in [-0.4, -0.2) is 9.55 Å². The number of benzene rings is 7. The molecular formula is C49H34N2. The first kappa shape index (κ1) is 28.6. The predicted molar refractivity (Wildman–Crippen MR) is 211 cm³/mol. The largest absolute Gasteiger partial charge is 0.309 e. The summed E-state index contributed by atoms with van der Waals surface area (Å²) in [5.74, 6) is 0. The lowest BCUT2D eigenvalue weighted by molar-refractivity contribution is 0.558. The van der Waals surface area contributed by atoms with Crippen LogP contribution in [-0.2, 0) is 10.8 Å². The van der Waals surface area contributed by atoms with Crippen LogP contribution in [0, 0.1) is 0 Å². The third kappa shape index (κ3) is 3.59. The average Bonchev–Trinajstić information content (AvgIpc) is 3.53. The molecule has 1 unspecified atom stereocenters. The number of hydrogen-bond acceptors (Lipinski definition) is 1. The fourth-order valence-electron chi connectivity index (χ4n) is 9.86. The van der Waals surface area contributed by atoms with Gasteiger partial charge in [-0.05, 0) is 68.3 Å². The van der Waals surface area contributed by atoms with Crippen molar-refractivity contribution in [2.45, 2.75) is 24.7 Å². The summed E-state index contributed by atoms with van der Waals surface area (Å²) in [4.78, 5) is 4.75. The maximum atomic E-state index is 4.75. The van der Waals surface area contributed by atoms with Crippen LogP contribution < -0.4 is 0 Å². The third-order valence-electron chi connectivity index (χ3n) is 11.9. The Balaban J connectivity index is 1.23. The first-order chi connectivity index (χ1) is 25.1. The van der Waals surface area contributed by atoms with Gasteiger partial charge in [-0.3, -0.25) is 4.98 Å². The van der Waals surface area contributed by atoms with Gasteiger partial charge in [0.1, 0.15) is 0 Å². The summed E-state index contributed by atoms with van der Waals surface area (Å²) < 4.78 is 2.52. The molecule has 0 amide bonds. The van der Waals surface area contributed by atoms with Crippen molar-refractivity contribution in [3.05, 3.63) is 203 Å². The van der Waals surface area contributed by atoms with Gasteiger partial charge in [-0.1, -0.05) is 159 Å². The highest BCUT2D eigenvalue weighted by Gasteiger charge is 2.53. The van der Waals surface area contributed by atoms with E-state index in [0.29, 0.717) is 0 Å². The van der Waals surface area contributed by atoms with Gasteiger partial charge >= 0.3 is 0 Å². The lowest BCUT2D eigenvalue weighted by Crippen LogP contribution is -2.44. The van der Waals surface area contributed by atoms with E-state index in [0.717, 1.165) is 16.5 Å². The van der Waals surface area contributed by atoms with Crippen LogP contribution in [0.1, 0.15) is 47.2 Å². The number of pyridine rings is 1. The van der Waals surface area contributed by atoms with E-state index >= 15 is 0 Å². The molecule has 51 heavy (non-hydrogen) atoms. The highest BCUT2D eigenvalue weighted by Crippen LogP contribution is 2.61. The standard InChI is InChI=1S/C49H34N2/c1-48(2)38-19-4-5-20-39(38)49(40-21-6-8-25-44(40)51-43-24-7-3-15-36(43)37-18-11-23-42(49)47(37)51)41-22-10-16-34(45(41)48)31-26-28-32(29-27-31)35-17-9-13-33-14-12-30-50-46(33)35/h3-30H,1-2H3. The predicted octanol–water partition coefficient (Wildman–Crippen LogP) is 12.0. The van der Waals surface area contributed by atoms with Crippen molar-refractivity contribution in [1.29, 1.82) is 0 Å². The van der Waals surface area contributed by atoms with Gasteiger partial charge < -0.3 is 4.57 Å². The molecule has 7 aromatic carbocycles. The van der Waals surface area contributed by atoms with Crippen LogP contribution in [0.3, 0.4) is 0 Å². The molecule has 1 atom stereocenters. The van der Waals surface area contributed by atoms with Crippen LogP contribution in [0.15, 0.2) is 170 Å². The summed E-state index contributed by atoms with van der Waals surface area (Å²) in [5, 5.41) is 3.75. The van der Waals surface area contributed by atoms with Gasteiger partial charge in [0.05, 0.1) is 27.7 Å². The van der Waals surface area contributed by atoms with E-state index in [-0.39, 0.29) is 5.41 Å². The van der Waals surface area contributed by atoms with Gasteiger partial charge in [-0.2, -0.15) is 0 Å². The summed E-state index contributed by atoms with van der Waals surface area (Å²) in [6.45, 7) is 4.84. The van der Waals surface area contributed by atoms with Crippen molar-refractivity contribution in [3.63, 3.8) is 0 Å². The molecule has 2 aliphatic rings. The molecule has 0 saturated heterocycles. The molecule has 3 heterocycles. The summed E-state index contributed by atoms with van der Waals surface area (Å²) in [6.07, 6.45) is 1.88. The van der Waals surface area contributed by atoms with Crippen LogP contribution >= 0.6 is 0 Å². The number of hydrogen-bond donors (Lipinski definition) is 0. The van der Waals surface area contributed by atoms with Gasteiger partial charge in [-0.25, -0.2) is 0 Å². The monoisotopic (exact) mass is 650 g/mol. The fourth-order valence-corrected chi connectivity index (χ4v) is 9.86. The lowest BCUT2D eigenvalue weighted by atomic mass is 9.52. The van der Waals surface area contributed by atoms with Gasteiger partial charge in [0, 0.05) is 33.3 Å². The number of para-hydroxylation sites is 4. The van der Waals surface area contributed by atoms with Crippen molar-refractivity contribution in [3.8, 4) is 27.9 Å². The van der Waals surface area contributed by atoms with E-state index in [2.05, 4.69) is 176 Å². The number of fused-ring (bicyclic) bond motifs is 12. The Morgan fingerprint density at radius 2 is 1.08 bits per heavy atom. The molecule has 1 spiro atoms. The highest BCUT2D eigenvalue weighted by atomic mass is 15.0. The van der Waals surface area contributed by atoms with Crippen molar-refractivity contribution < 1.29 is 0 Å².